The van der Waals surface area contributed by atoms with E-state index in [4.69, 9.17) is 19.1 Å². The normalized spacial score (nSPS) is 20.1. The van der Waals surface area contributed by atoms with E-state index in [1.807, 2.05) is 0 Å². The summed E-state index contributed by atoms with van der Waals surface area (Å²) in [5, 5.41) is 10.8. The van der Waals surface area contributed by atoms with Crippen LogP contribution in [0.2, 0.25) is 18.1 Å². The van der Waals surface area contributed by atoms with Crippen LogP contribution < -0.4 is 10.1 Å². The Morgan fingerprint density at radius 2 is 1.79 bits per heavy atom. The number of carboxylic acid groups (broad SMARTS) is 1. The van der Waals surface area contributed by atoms with Crippen LogP contribution >= 0.6 is 0 Å². The second-order valence-electron chi connectivity index (χ2n) is 8.39. The first kappa shape index (κ1) is 25.4. The molecule has 1 aromatic carbocycles. The Bertz CT molecular complexity index is 704. The van der Waals surface area contributed by atoms with Crippen molar-refractivity contribution in [2.45, 2.75) is 63.6 Å². The van der Waals surface area contributed by atoms with E-state index >= 15 is 0 Å². The van der Waals surface area contributed by atoms with Gasteiger partial charge in [-0.2, -0.15) is 13.2 Å². The highest BCUT2D eigenvalue weighted by molar-refractivity contribution is 6.74. The SMILES string of the molecule is COc1ccc(F)cc1C1CC(O[Si](C)(C)C(C)(C)C)CN1.O=C(O)C(F)(F)F. The Balaban J connectivity index is 0.000000516. The van der Waals surface area contributed by atoms with Crippen molar-refractivity contribution in [1.29, 1.82) is 0 Å². The minimum absolute atomic E-state index is 0.0837. The summed E-state index contributed by atoms with van der Waals surface area (Å²) in [7, 11) is -0.158. The summed E-state index contributed by atoms with van der Waals surface area (Å²) in [6.07, 6.45) is -4.05. The molecule has 0 spiro atoms. The topological polar surface area (TPSA) is 67.8 Å². The van der Waals surface area contributed by atoms with Gasteiger partial charge in [0.2, 0.25) is 0 Å². The predicted octanol–water partition coefficient (Wildman–Crippen LogP) is 4.89. The fraction of sp³-hybridized carbons (Fsp3) is 0.632. The van der Waals surface area contributed by atoms with E-state index in [0.29, 0.717) is 0 Å². The molecule has 1 aliphatic rings. The van der Waals surface area contributed by atoms with Gasteiger partial charge in [-0.25, -0.2) is 9.18 Å². The van der Waals surface area contributed by atoms with Crippen LogP contribution in [0.1, 0.15) is 38.8 Å². The molecule has 1 aromatic rings. The molecule has 2 unspecified atom stereocenters. The summed E-state index contributed by atoms with van der Waals surface area (Å²) in [6.45, 7) is 12.1. The molecule has 2 N–H and O–H groups in total. The van der Waals surface area contributed by atoms with E-state index in [1.165, 1.54) is 6.07 Å². The Morgan fingerprint density at radius 3 is 2.24 bits per heavy atom. The number of alkyl halides is 3. The molecule has 1 heterocycles. The highest BCUT2D eigenvalue weighted by Crippen LogP contribution is 2.40. The van der Waals surface area contributed by atoms with Gasteiger partial charge in [0.25, 0.3) is 0 Å². The quantitative estimate of drug-likeness (QED) is 0.516. The van der Waals surface area contributed by atoms with Gasteiger partial charge in [0, 0.05) is 18.2 Å². The molecule has 0 amide bonds. The van der Waals surface area contributed by atoms with E-state index in [2.05, 4.69) is 39.2 Å². The van der Waals surface area contributed by atoms with Crippen molar-refractivity contribution in [1.82, 2.24) is 5.32 Å². The predicted molar refractivity (Wildman–Crippen MR) is 104 cm³/mol. The van der Waals surface area contributed by atoms with E-state index in [1.54, 1.807) is 19.2 Å². The van der Waals surface area contributed by atoms with E-state index < -0.39 is 20.5 Å². The number of nitrogens with one attached hydrogen (secondary N) is 1. The number of benzene rings is 1. The summed E-state index contributed by atoms with van der Waals surface area (Å²) in [4.78, 5) is 8.90. The molecule has 1 aliphatic heterocycles. The number of methoxy groups -OCH3 is 1. The minimum Gasteiger partial charge on any atom is -0.496 e. The molecule has 10 heteroatoms. The van der Waals surface area contributed by atoms with Gasteiger partial charge in [-0.3, -0.25) is 0 Å². The number of carbonyl (C=O) groups is 1. The summed E-state index contributed by atoms with van der Waals surface area (Å²) in [5.74, 6) is -2.26. The third kappa shape index (κ3) is 7.27. The van der Waals surface area contributed by atoms with Crippen LogP contribution in [0.4, 0.5) is 17.6 Å². The van der Waals surface area contributed by atoms with Gasteiger partial charge >= 0.3 is 12.1 Å². The number of halogens is 4. The monoisotopic (exact) mass is 439 g/mol. The number of aliphatic carboxylic acids is 1. The Morgan fingerprint density at radius 1 is 1.24 bits per heavy atom. The highest BCUT2D eigenvalue weighted by Gasteiger charge is 2.41. The molecule has 166 valence electrons. The van der Waals surface area contributed by atoms with Crippen LogP contribution in [0.3, 0.4) is 0 Å². The first-order chi connectivity index (χ1) is 13.1. The van der Waals surface area contributed by atoms with Crippen LogP contribution in [-0.2, 0) is 9.22 Å². The Hall–Kier alpha value is -1.65. The third-order valence-electron chi connectivity index (χ3n) is 5.17. The van der Waals surface area contributed by atoms with Crippen molar-refractivity contribution in [2.24, 2.45) is 0 Å². The maximum Gasteiger partial charge on any atom is 0.490 e. The lowest BCUT2D eigenvalue weighted by molar-refractivity contribution is -0.192. The summed E-state index contributed by atoms with van der Waals surface area (Å²) in [5.41, 5.74) is 0.879. The van der Waals surface area contributed by atoms with Gasteiger partial charge < -0.3 is 19.6 Å². The molecule has 1 saturated heterocycles. The molecule has 0 aromatic heterocycles. The zero-order chi connectivity index (χ0) is 22.6. The maximum atomic E-state index is 13.6. The highest BCUT2D eigenvalue weighted by atomic mass is 28.4. The van der Waals surface area contributed by atoms with E-state index in [0.717, 1.165) is 24.3 Å². The number of ether oxygens (including phenoxy) is 1. The third-order valence-corrected chi connectivity index (χ3v) is 9.70. The number of rotatable bonds is 4. The van der Waals surface area contributed by atoms with Gasteiger partial charge in [0.15, 0.2) is 8.32 Å². The Labute approximate surface area is 169 Å². The van der Waals surface area contributed by atoms with Crippen molar-refractivity contribution >= 4 is 14.3 Å². The van der Waals surface area contributed by atoms with Crippen molar-refractivity contribution < 1.29 is 36.6 Å². The van der Waals surface area contributed by atoms with Gasteiger partial charge in [-0.05, 0) is 42.8 Å². The fourth-order valence-corrected chi connectivity index (χ4v) is 3.97. The van der Waals surface area contributed by atoms with Crippen LogP contribution in [0.5, 0.6) is 5.75 Å². The van der Waals surface area contributed by atoms with Gasteiger partial charge in [0.1, 0.15) is 11.6 Å². The summed E-state index contributed by atoms with van der Waals surface area (Å²) in [6, 6.07) is 4.76. The number of hydrogen-bond acceptors (Lipinski definition) is 4. The van der Waals surface area contributed by atoms with Gasteiger partial charge in [0.05, 0.1) is 13.2 Å². The van der Waals surface area contributed by atoms with Crippen molar-refractivity contribution in [3.8, 4) is 5.75 Å². The molecular formula is C19H29F4NO4Si. The first-order valence-corrected chi connectivity index (χ1v) is 12.0. The molecular weight excluding hydrogens is 410 g/mol. The standard InChI is InChI=1S/C17H28FNO2Si.C2HF3O2/c1-17(2,3)22(5,6)21-13-10-15(19-11-13)14-9-12(18)7-8-16(14)20-4;3-2(4,5)1(6)7/h7-9,13,15,19H,10-11H2,1-6H3;(H,6,7). The second-order valence-corrected chi connectivity index (χ2v) is 13.1. The molecule has 0 aliphatic carbocycles. The molecule has 5 nitrogen and oxygen atoms in total. The average molecular weight is 440 g/mol. The Kier molecular flexibility index (Phi) is 8.26. The zero-order valence-corrected chi connectivity index (χ0v) is 18.5. The average Bonchev–Trinajstić information content (AvgIpc) is 3.01. The molecule has 29 heavy (non-hydrogen) atoms. The van der Waals surface area contributed by atoms with E-state index in [9.17, 15) is 17.6 Å². The van der Waals surface area contributed by atoms with Crippen molar-refractivity contribution in [3.05, 3.63) is 29.6 Å². The minimum atomic E-state index is -5.08. The molecule has 0 radical (unpaired) electrons. The molecule has 2 rings (SSSR count). The summed E-state index contributed by atoms with van der Waals surface area (Å²) < 4.78 is 57.1. The van der Waals surface area contributed by atoms with Crippen LogP contribution in [0.15, 0.2) is 18.2 Å². The first-order valence-electron chi connectivity index (χ1n) is 9.13. The number of hydrogen-bond donors (Lipinski definition) is 2. The lowest BCUT2D eigenvalue weighted by Crippen LogP contribution is -2.44. The van der Waals surface area contributed by atoms with E-state index in [-0.39, 0.29) is 23.0 Å². The van der Waals surface area contributed by atoms with Gasteiger partial charge in [-0.15, -0.1) is 0 Å². The lowest BCUT2D eigenvalue weighted by atomic mass is 10.0. The smallest absolute Gasteiger partial charge is 0.490 e. The van der Waals surface area contributed by atoms with Crippen LogP contribution in [0, 0.1) is 5.82 Å². The molecule has 1 fully saturated rings. The molecule has 0 saturated carbocycles. The molecule has 0 bridgehead atoms. The lowest BCUT2D eigenvalue weighted by Gasteiger charge is -2.38. The molecule has 2 atom stereocenters. The van der Waals surface area contributed by atoms with Crippen LogP contribution in [-0.4, -0.2) is 45.3 Å². The second kappa shape index (κ2) is 9.44. The van der Waals surface area contributed by atoms with Crippen LogP contribution in [0.25, 0.3) is 0 Å². The maximum absolute atomic E-state index is 13.6. The van der Waals surface area contributed by atoms with Crippen molar-refractivity contribution in [2.75, 3.05) is 13.7 Å². The summed E-state index contributed by atoms with van der Waals surface area (Å²) >= 11 is 0. The largest absolute Gasteiger partial charge is 0.496 e. The van der Waals surface area contributed by atoms with Crippen molar-refractivity contribution in [3.63, 3.8) is 0 Å². The van der Waals surface area contributed by atoms with Gasteiger partial charge in [-0.1, -0.05) is 20.8 Å². The fourth-order valence-electron chi connectivity index (χ4n) is 2.60. The number of carboxylic acids is 1. The zero-order valence-electron chi connectivity index (χ0n) is 17.5.